The van der Waals surface area contributed by atoms with Gasteiger partial charge in [-0.25, -0.2) is 0 Å². The van der Waals surface area contributed by atoms with Crippen molar-refractivity contribution in [2.75, 3.05) is 6.54 Å². The van der Waals surface area contributed by atoms with E-state index in [1.54, 1.807) is 0 Å². The van der Waals surface area contributed by atoms with Gasteiger partial charge in [-0.2, -0.15) is 0 Å². The summed E-state index contributed by atoms with van der Waals surface area (Å²) in [6.45, 7) is 2.47. The molecule has 0 heterocycles. The predicted octanol–water partition coefficient (Wildman–Crippen LogP) is 4.73. The van der Waals surface area contributed by atoms with Gasteiger partial charge in [0.1, 0.15) is 0 Å². The molecule has 90 valence electrons. The molecule has 6 heteroatoms. The number of hydrogen-bond donors (Lipinski definition) is 0. The van der Waals surface area contributed by atoms with Gasteiger partial charge in [0.05, 0.1) is 0 Å². The van der Waals surface area contributed by atoms with Crippen LogP contribution in [0, 0.1) is 0 Å². The average Bonchev–Trinajstić information content (AvgIpc) is 2.30. The minimum atomic E-state index is -0.174. The smallest absolute Gasteiger partial charge is 0.0429 e. The molecule has 0 aromatic heterocycles. The molecular weight excluding hydrogens is 204 g/mol. The van der Waals surface area contributed by atoms with Gasteiger partial charge >= 0.3 is 0 Å². The molecule has 0 aromatic carbocycles. The third kappa shape index (κ3) is 9.19. The first kappa shape index (κ1) is 14.6. The zero-order valence-electron chi connectivity index (χ0n) is 9.92. The first-order valence-electron chi connectivity index (χ1n) is 5.90. The summed E-state index contributed by atoms with van der Waals surface area (Å²) in [7, 11) is 0. The second-order valence-corrected chi connectivity index (χ2v) is 3.83. The molecular formula is C10H20N6. The predicted molar refractivity (Wildman–Crippen MR) is 64.9 cm³/mol. The Labute approximate surface area is 96.3 Å². The van der Waals surface area contributed by atoms with E-state index >= 15 is 0 Å². The summed E-state index contributed by atoms with van der Waals surface area (Å²) in [5, 5.41) is 7.05. The van der Waals surface area contributed by atoms with Crippen molar-refractivity contribution >= 4 is 0 Å². The van der Waals surface area contributed by atoms with Crippen molar-refractivity contribution in [3.63, 3.8) is 0 Å². The highest BCUT2D eigenvalue weighted by Gasteiger charge is 2.04. The zero-order chi connectivity index (χ0) is 12.1. The highest BCUT2D eigenvalue weighted by molar-refractivity contribution is 4.70. The lowest BCUT2D eigenvalue weighted by molar-refractivity contribution is 0.537. The summed E-state index contributed by atoms with van der Waals surface area (Å²) in [4.78, 5) is 5.43. The Kier molecular flexibility index (Phi) is 10.7. The van der Waals surface area contributed by atoms with Gasteiger partial charge in [-0.15, -0.1) is 0 Å². The molecule has 0 amide bonds. The quantitative estimate of drug-likeness (QED) is 0.222. The normalized spacial score (nSPS) is 11.3. The number of nitrogens with zero attached hydrogens (tertiary/aromatic N) is 6. The van der Waals surface area contributed by atoms with E-state index in [1.807, 2.05) is 0 Å². The molecule has 0 spiro atoms. The Balaban J connectivity index is 3.59. The number of hydrogen-bond acceptors (Lipinski definition) is 2. The van der Waals surface area contributed by atoms with Crippen LogP contribution in [0.4, 0.5) is 0 Å². The molecule has 16 heavy (non-hydrogen) atoms. The lowest BCUT2D eigenvalue weighted by Crippen LogP contribution is -2.07. The second-order valence-electron chi connectivity index (χ2n) is 3.83. The van der Waals surface area contributed by atoms with Crippen LogP contribution in [0.2, 0.25) is 0 Å². The summed E-state index contributed by atoms with van der Waals surface area (Å²) in [5.41, 5.74) is 16.5. The largest absolute Gasteiger partial charge is 0.0936 e. The van der Waals surface area contributed by atoms with Crippen molar-refractivity contribution in [1.29, 1.82) is 0 Å². The van der Waals surface area contributed by atoms with Crippen LogP contribution < -0.4 is 0 Å². The summed E-state index contributed by atoms with van der Waals surface area (Å²) in [5.74, 6) is 0. The molecule has 0 aliphatic heterocycles. The molecule has 1 unspecified atom stereocenters. The van der Waals surface area contributed by atoms with Crippen LogP contribution in [0.1, 0.15) is 51.9 Å². The Hall–Kier alpha value is -1.38. The Morgan fingerprint density at radius 1 is 1.00 bits per heavy atom. The molecule has 0 saturated carbocycles. The number of unbranched alkanes of at least 4 members (excludes halogenated alkanes) is 5. The van der Waals surface area contributed by atoms with Gasteiger partial charge in [0.25, 0.3) is 0 Å². The maximum absolute atomic E-state index is 8.33. The molecule has 0 aliphatic carbocycles. The van der Waals surface area contributed by atoms with Gasteiger partial charge in [0, 0.05) is 22.4 Å². The fourth-order valence-corrected chi connectivity index (χ4v) is 1.55. The number of azide groups is 2. The van der Waals surface area contributed by atoms with Crippen molar-refractivity contribution in [2.45, 2.75) is 57.9 Å². The van der Waals surface area contributed by atoms with Crippen LogP contribution in [0.15, 0.2) is 10.2 Å². The third-order valence-corrected chi connectivity index (χ3v) is 2.46. The standard InChI is InChI=1S/C10H20N6/c1-2-3-4-5-6-7-8-10(14-16-12)9-13-15-11/h10H,2-9H2,1H3. The van der Waals surface area contributed by atoms with Gasteiger partial charge < -0.3 is 0 Å². The van der Waals surface area contributed by atoms with E-state index in [0.29, 0.717) is 0 Å². The number of rotatable bonds is 10. The summed E-state index contributed by atoms with van der Waals surface area (Å²) < 4.78 is 0. The fraction of sp³-hybridized carbons (Fsp3) is 1.00. The van der Waals surface area contributed by atoms with Gasteiger partial charge in [0.15, 0.2) is 0 Å². The molecule has 0 N–H and O–H groups in total. The van der Waals surface area contributed by atoms with Crippen molar-refractivity contribution in [3.8, 4) is 0 Å². The third-order valence-electron chi connectivity index (χ3n) is 2.46. The molecule has 0 saturated heterocycles. The van der Waals surface area contributed by atoms with E-state index in [-0.39, 0.29) is 12.6 Å². The van der Waals surface area contributed by atoms with Crippen LogP contribution in [0.25, 0.3) is 20.9 Å². The highest BCUT2D eigenvalue weighted by atomic mass is 15.2. The van der Waals surface area contributed by atoms with Gasteiger partial charge in [-0.1, -0.05) is 55.7 Å². The average molecular weight is 224 g/mol. The maximum Gasteiger partial charge on any atom is 0.0429 e. The summed E-state index contributed by atoms with van der Waals surface area (Å²) >= 11 is 0. The van der Waals surface area contributed by atoms with E-state index in [1.165, 1.54) is 25.7 Å². The molecule has 0 aliphatic rings. The van der Waals surface area contributed by atoms with Crippen LogP contribution in [0.3, 0.4) is 0 Å². The first-order valence-corrected chi connectivity index (χ1v) is 5.90. The van der Waals surface area contributed by atoms with E-state index in [2.05, 4.69) is 27.0 Å². The minimum absolute atomic E-state index is 0.174. The van der Waals surface area contributed by atoms with Gasteiger partial charge in [-0.3, -0.25) is 0 Å². The van der Waals surface area contributed by atoms with Crippen LogP contribution in [0.5, 0.6) is 0 Å². The van der Waals surface area contributed by atoms with Crippen LogP contribution in [-0.4, -0.2) is 12.6 Å². The van der Waals surface area contributed by atoms with E-state index in [4.69, 9.17) is 11.1 Å². The molecule has 0 bridgehead atoms. The molecule has 1 atom stereocenters. The topological polar surface area (TPSA) is 97.5 Å². The van der Waals surface area contributed by atoms with E-state index in [0.717, 1.165) is 19.3 Å². The molecule has 0 radical (unpaired) electrons. The van der Waals surface area contributed by atoms with E-state index in [9.17, 15) is 0 Å². The van der Waals surface area contributed by atoms with Crippen molar-refractivity contribution < 1.29 is 0 Å². The van der Waals surface area contributed by atoms with E-state index < -0.39 is 0 Å². The Morgan fingerprint density at radius 2 is 1.69 bits per heavy atom. The summed E-state index contributed by atoms with van der Waals surface area (Å²) in [6, 6.07) is -0.174. The van der Waals surface area contributed by atoms with Gasteiger partial charge in [-0.05, 0) is 17.5 Å². The maximum atomic E-state index is 8.33. The molecule has 0 fully saturated rings. The summed E-state index contributed by atoms with van der Waals surface area (Å²) in [6.07, 6.45) is 8.06. The zero-order valence-corrected chi connectivity index (χ0v) is 9.92. The second kappa shape index (κ2) is 11.7. The lowest BCUT2D eigenvalue weighted by Gasteiger charge is -2.06. The van der Waals surface area contributed by atoms with Crippen molar-refractivity contribution in [1.82, 2.24) is 0 Å². The SMILES string of the molecule is CCCCCCCCC(CN=[N+]=[N-])N=[N+]=[N-]. The van der Waals surface area contributed by atoms with Crippen molar-refractivity contribution in [2.24, 2.45) is 10.2 Å². The van der Waals surface area contributed by atoms with Crippen LogP contribution >= 0.6 is 0 Å². The minimum Gasteiger partial charge on any atom is -0.0936 e. The monoisotopic (exact) mass is 224 g/mol. The molecule has 6 nitrogen and oxygen atoms in total. The Morgan fingerprint density at radius 3 is 2.31 bits per heavy atom. The van der Waals surface area contributed by atoms with Gasteiger partial charge in [0.2, 0.25) is 0 Å². The Bertz CT molecular complexity index is 252. The lowest BCUT2D eigenvalue weighted by atomic mass is 10.1. The van der Waals surface area contributed by atoms with Crippen molar-refractivity contribution in [3.05, 3.63) is 20.9 Å². The molecule has 0 aromatic rings. The van der Waals surface area contributed by atoms with Crippen LogP contribution in [-0.2, 0) is 0 Å². The first-order chi connectivity index (χ1) is 7.85. The fourth-order valence-electron chi connectivity index (χ4n) is 1.55. The highest BCUT2D eigenvalue weighted by Crippen LogP contribution is 2.10. The molecule has 0 rings (SSSR count).